The molecule has 0 bridgehead atoms. The summed E-state index contributed by atoms with van der Waals surface area (Å²) >= 11 is 0. The SMILES string of the molecule is C[C@@H](CN(C)C(=O)/C=C\c1ccc2c(c1)CCO2)C(=O)O. The Balaban J connectivity index is 1.97. The van der Waals surface area contributed by atoms with Crippen LogP contribution in [0.25, 0.3) is 6.08 Å². The van der Waals surface area contributed by atoms with E-state index in [0.717, 1.165) is 23.3 Å². The fourth-order valence-electron chi connectivity index (χ4n) is 2.18. The number of fused-ring (bicyclic) bond motifs is 1. The maximum absolute atomic E-state index is 11.9. The molecule has 1 heterocycles. The van der Waals surface area contributed by atoms with Crippen LogP contribution in [-0.2, 0) is 16.0 Å². The Morgan fingerprint density at radius 1 is 1.48 bits per heavy atom. The highest BCUT2D eigenvalue weighted by atomic mass is 16.5. The molecule has 1 aromatic carbocycles. The number of rotatable bonds is 5. The minimum atomic E-state index is -0.905. The van der Waals surface area contributed by atoms with E-state index >= 15 is 0 Å². The molecular weight excluding hydrogens is 270 g/mol. The van der Waals surface area contributed by atoms with Gasteiger partial charge in [0.2, 0.25) is 5.91 Å². The van der Waals surface area contributed by atoms with Crippen LogP contribution < -0.4 is 4.74 Å². The van der Waals surface area contributed by atoms with Crippen molar-refractivity contribution in [1.82, 2.24) is 4.90 Å². The molecule has 0 fully saturated rings. The van der Waals surface area contributed by atoms with E-state index in [2.05, 4.69) is 0 Å². The number of aliphatic carboxylic acids is 1. The van der Waals surface area contributed by atoms with Gasteiger partial charge in [-0.1, -0.05) is 13.0 Å². The van der Waals surface area contributed by atoms with Crippen LogP contribution in [0, 0.1) is 5.92 Å². The topological polar surface area (TPSA) is 66.8 Å². The number of hydrogen-bond donors (Lipinski definition) is 1. The van der Waals surface area contributed by atoms with Gasteiger partial charge in [0.1, 0.15) is 5.75 Å². The molecule has 0 radical (unpaired) electrons. The van der Waals surface area contributed by atoms with Gasteiger partial charge < -0.3 is 14.7 Å². The number of likely N-dealkylation sites (N-methyl/N-ethyl adjacent to an activating group) is 1. The zero-order chi connectivity index (χ0) is 15.4. The maximum atomic E-state index is 11.9. The van der Waals surface area contributed by atoms with E-state index in [0.29, 0.717) is 6.61 Å². The Morgan fingerprint density at radius 2 is 2.24 bits per heavy atom. The van der Waals surface area contributed by atoms with E-state index in [1.165, 1.54) is 11.0 Å². The number of amides is 1. The third-order valence-electron chi connectivity index (χ3n) is 3.48. The molecular formula is C16H19NO4. The van der Waals surface area contributed by atoms with Gasteiger partial charge in [0.15, 0.2) is 0 Å². The van der Waals surface area contributed by atoms with Crippen LogP contribution in [-0.4, -0.2) is 42.1 Å². The smallest absolute Gasteiger partial charge is 0.308 e. The first kappa shape index (κ1) is 15.1. The molecule has 5 nitrogen and oxygen atoms in total. The fourth-order valence-corrected chi connectivity index (χ4v) is 2.18. The summed E-state index contributed by atoms with van der Waals surface area (Å²) in [4.78, 5) is 24.1. The number of carbonyl (C=O) groups is 2. The lowest BCUT2D eigenvalue weighted by Crippen LogP contribution is -2.32. The predicted molar refractivity (Wildman–Crippen MR) is 79.1 cm³/mol. The van der Waals surface area contributed by atoms with Crippen LogP contribution in [0.2, 0.25) is 0 Å². The Bertz CT molecular complexity index is 580. The first-order chi connectivity index (χ1) is 9.97. The molecule has 2 rings (SSSR count). The number of benzene rings is 1. The van der Waals surface area contributed by atoms with Crippen molar-refractivity contribution in [3.8, 4) is 5.75 Å². The van der Waals surface area contributed by atoms with Gasteiger partial charge in [0, 0.05) is 26.1 Å². The average molecular weight is 289 g/mol. The third-order valence-corrected chi connectivity index (χ3v) is 3.48. The summed E-state index contributed by atoms with van der Waals surface area (Å²) in [5.41, 5.74) is 2.09. The van der Waals surface area contributed by atoms with E-state index in [-0.39, 0.29) is 12.5 Å². The van der Waals surface area contributed by atoms with E-state index < -0.39 is 11.9 Å². The Morgan fingerprint density at radius 3 is 2.95 bits per heavy atom. The van der Waals surface area contributed by atoms with Crippen molar-refractivity contribution < 1.29 is 19.4 Å². The summed E-state index contributed by atoms with van der Waals surface area (Å²) in [6.45, 7) is 2.48. The molecule has 0 saturated heterocycles. The Labute approximate surface area is 123 Å². The second-order valence-electron chi connectivity index (χ2n) is 5.26. The van der Waals surface area contributed by atoms with Crippen molar-refractivity contribution in [3.05, 3.63) is 35.4 Å². The molecule has 0 aromatic heterocycles. The van der Waals surface area contributed by atoms with Crippen molar-refractivity contribution in [2.45, 2.75) is 13.3 Å². The lowest BCUT2D eigenvalue weighted by molar-refractivity contribution is -0.142. The minimum absolute atomic E-state index is 0.191. The summed E-state index contributed by atoms with van der Waals surface area (Å²) < 4.78 is 5.43. The predicted octanol–water partition coefficient (Wildman–Crippen LogP) is 1.81. The summed E-state index contributed by atoms with van der Waals surface area (Å²) in [6.07, 6.45) is 4.09. The van der Waals surface area contributed by atoms with Gasteiger partial charge in [-0.05, 0) is 29.3 Å². The standard InChI is InChI=1S/C16H19NO4/c1-11(16(19)20)10-17(2)15(18)6-4-12-3-5-14-13(9-12)7-8-21-14/h3-6,9,11H,7-8,10H2,1-2H3,(H,19,20)/b6-4-/t11-/m0/s1. The highest BCUT2D eigenvalue weighted by Crippen LogP contribution is 2.26. The largest absolute Gasteiger partial charge is 0.493 e. The van der Waals surface area contributed by atoms with Crippen molar-refractivity contribution in [3.63, 3.8) is 0 Å². The number of ether oxygens (including phenoxy) is 1. The Kier molecular flexibility index (Phi) is 4.62. The van der Waals surface area contributed by atoms with Crippen LogP contribution >= 0.6 is 0 Å². The van der Waals surface area contributed by atoms with E-state index in [4.69, 9.17) is 9.84 Å². The molecule has 5 heteroatoms. The zero-order valence-electron chi connectivity index (χ0n) is 12.2. The van der Waals surface area contributed by atoms with Crippen LogP contribution in [0.15, 0.2) is 24.3 Å². The fraction of sp³-hybridized carbons (Fsp3) is 0.375. The highest BCUT2D eigenvalue weighted by molar-refractivity contribution is 5.91. The zero-order valence-corrected chi connectivity index (χ0v) is 12.2. The summed E-state index contributed by atoms with van der Waals surface area (Å²) in [7, 11) is 1.60. The first-order valence-electron chi connectivity index (χ1n) is 6.89. The molecule has 1 N–H and O–H groups in total. The van der Waals surface area contributed by atoms with E-state index in [1.807, 2.05) is 18.2 Å². The highest BCUT2D eigenvalue weighted by Gasteiger charge is 2.16. The van der Waals surface area contributed by atoms with Crippen molar-refractivity contribution in [2.75, 3.05) is 20.2 Å². The molecule has 0 unspecified atom stereocenters. The third kappa shape index (κ3) is 3.84. The number of carboxylic acids is 1. The molecule has 1 amide bonds. The van der Waals surface area contributed by atoms with Crippen LogP contribution in [0.5, 0.6) is 5.75 Å². The quantitative estimate of drug-likeness (QED) is 0.840. The van der Waals surface area contributed by atoms with Gasteiger partial charge in [0.25, 0.3) is 0 Å². The Hall–Kier alpha value is -2.30. The average Bonchev–Trinajstić information content (AvgIpc) is 2.91. The van der Waals surface area contributed by atoms with Crippen LogP contribution in [0.1, 0.15) is 18.1 Å². The molecule has 1 atom stereocenters. The molecule has 1 aromatic rings. The number of nitrogens with zero attached hydrogens (tertiary/aromatic N) is 1. The lowest BCUT2D eigenvalue weighted by Gasteiger charge is -2.17. The summed E-state index contributed by atoms with van der Waals surface area (Å²) in [6, 6.07) is 5.81. The molecule has 0 spiro atoms. The van der Waals surface area contributed by atoms with Gasteiger partial charge in [-0.25, -0.2) is 0 Å². The first-order valence-corrected chi connectivity index (χ1v) is 6.89. The minimum Gasteiger partial charge on any atom is -0.493 e. The number of carbonyl (C=O) groups excluding carboxylic acids is 1. The normalized spacial score (nSPS) is 14.6. The molecule has 1 aliphatic heterocycles. The van der Waals surface area contributed by atoms with Gasteiger partial charge in [-0.2, -0.15) is 0 Å². The summed E-state index contributed by atoms with van der Waals surface area (Å²) in [5, 5.41) is 8.84. The second-order valence-corrected chi connectivity index (χ2v) is 5.26. The number of carboxylic acid groups (broad SMARTS) is 1. The van der Waals surface area contributed by atoms with Gasteiger partial charge >= 0.3 is 5.97 Å². The van der Waals surface area contributed by atoms with Crippen molar-refractivity contribution in [2.24, 2.45) is 5.92 Å². The molecule has 1 aliphatic rings. The molecule has 0 aliphatic carbocycles. The molecule has 0 saturated carbocycles. The van der Waals surface area contributed by atoms with Crippen molar-refractivity contribution in [1.29, 1.82) is 0 Å². The van der Waals surface area contributed by atoms with Gasteiger partial charge in [-0.3, -0.25) is 9.59 Å². The second kappa shape index (κ2) is 6.43. The van der Waals surface area contributed by atoms with Crippen LogP contribution in [0.4, 0.5) is 0 Å². The summed E-state index contributed by atoms with van der Waals surface area (Å²) in [5.74, 6) is -0.785. The van der Waals surface area contributed by atoms with Crippen molar-refractivity contribution >= 4 is 18.0 Å². The lowest BCUT2D eigenvalue weighted by atomic mass is 10.1. The van der Waals surface area contributed by atoms with Gasteiger partial charge in [-0.15, -0.1) is 0 Å². The van der Waals surface area contributed by atoms with E-state index in [1.54, 1.807) is 20.0 Å². The van der Waals surface area contributed by atoms with E-state index in [9.17, 15) is 9.59 Å². The molecule has 21 heavy (non-hydrogen) atoms. The monoisotopic (exact) mass is 289 g/mol. The number of hydrogen-bond acceptors (Lipinski definition) is 3. The van der Waals surface area contributed by atoms with Crippen LogP contribution in [0.3, 0.4) is 0 Å². The maximum Gasteiger partial charge on any atom is 0.308 e. The molecule has 112 valence electrons. The van der Waals surface area contributed by atoms with Gasteiger partial charge in [0.05, 0.1) is 12.5 Å².